The molecule has 132 valence electrons. The number of pyridine rings is 1. The third-order valence-electron chi connectivity index (χ3n) is 3.41. The smallest absolute Gasteiger partial charge is 0.321 e. The Labute approximate surface area is 146 Å². The van der Waals surface area contributed by atoms with E-state index in [9.17, 15) is 14.7 Å². The molecule has 0 aliphatic heterocycles. The normalized spacial score (nSPS) is 11.6. The number of carbonyl (C=O) groups is 2. The van der Waals surface area contributed by atoms with Crippen LogP contribution in [0.3, 0.4) is 0 Å². The molecule has 0 fully saturated rings. The van der Waals surface area contributed by atoms with E-state index in [0.29, 0.717) is 24.6 Å². The first-order valence-corrected chi connectivity index (χ1v) is 7.96. The number of nitrogens with zero attached hydrogens (tertiary/aromatic N) is 1. The van der Waals surface area contributed by atoms with Crippen LogP contribution in [-0.2, 0) is 16.1 Å². The zero-order valence-electron chi connectivity index (χ0n) is 13.9. The highest BCUT2D eigenvalue weighted by Crippen LogP contribution is 2.16. The molecule has 2 rings (SSSR count). The molecule has 0 saturated heterocycles. The molecule has 25 heavy (non-hydrogen) atoms. The van der Waals surface area contributed by atoms with Gasteiger partial charge in [-0.25, -0.2) is 0 Å². The third-order valence-corrected chi connectivity index (χ3v) is 3.41. The monoisotopic (exact) mass is 343 g/mol. The van der Waals surface area contributed by atoms with E-state index < -0.39 is 12.0 Å². The van der Waals surface area contributed by atoms with E-state index in [1.165, 1.54) is 0 Å². The fraction of sp³-hybridized carbons (Fsp3) is 0.278. The summed E-state index contributed by atoms with van der Waals surface area (Å²) < 4.78 is 5.33. The van der Waals surface area contributed by atoms with Crippen LogP contribution in [0, 0.1) is 0 Å². The number of amides is 1. The summed E-state index contributed by atoms with van der Waals surface area (Å²) in [6.07, 6.45) is 3.11. The van der Waals surface area contributed by atoms with Crippen molar-refractivity contribution in [2.75, 3.05) is 11.9 Å². The second-order valence-electron chi connectivity index (χ2n) is 5.34. The lowest BCUT2D eigenvalue weighted by molar-refractivity contribution is -0.141. The Morgan fingerprint density at radius 1 is 1.24 bits per heavy atom. The van der Waals surface area contributed by atoms with Crippen LogP contribution >= 0.6 is 0 Å². The first-order valence-electron chi connectivity index (χ1n) is 7.96. The lowest BCUT2D eigenvalue weighted by Crippen LogP contribution is -2.39. The Kier molecular flexibility index (Phi) is 6.91. The maximum atomic E-state index is 12.1. The van der Waals surface area contributed by atoms with Gasteiger partial charge in [-0.3, -0.25) is 19.9 Å². The van der Waals surface area contributed by atoms with Crippen molar-refractivity contribution in [3.63, 3.8) is 0 Å². The van der Waals surface area contributed by atoms with Crippen molar-refractivity contribution in [3.05, 3.63) is 54.4 Å². The second kappa shape index (κ2) is 9.39. The minimum atomic E-state index is -1.08. The van der Waals surface area contributed by atoms with Crippen molar-refractivity contribution in [1.82, 2.24) is 10.3 Å². The van der Waals surface area contributed by atoms with E-state index in [0.717, 1.165) is 5.56 Å². The van der Waals surface area contributed by atoms with Gasteiger partial charge in [0.15, 0.2) is 0 Å². The van der Waals surface area contributed by atoms with Gasteiger partial charge in [-0.1, -0.05) is 6.07 Å². The molecule has 1 heterocycles. The molecule has 0 aliphatic carbocycles. The lowest BCUT2D eigenvalue weighted by atomic mass is 10.1. The predicted molar refractivity (Wildman–Crippen MR) is 93.4 cm³/mol. The molecule has 1 unspecified atom stereocenters. The second-order valence-corrected chi connectivity index (χ2v) is 5.34. The molecule has 0 radical (unpaired) electrons. The fourth-order valence-electron chi connectivity index (χ4n) is 2.19. The number of ether oxygens (including phenoxy) is 1. The summed E-state index contributed by atoms with van der Waals surface area (Å²) in [6, 6.07) is 9.53. The molecule has 1 aromatic heterocycles. The van der Waals surface area contributed by atoms with Crippen molar-refractivity contribution in [3.8, 4) is 5.75 Å². The summed E-state index contributed by atoms with van der Waals surface area (Å²) in [7, 11) is 0. The van der Waals surface area contributed by atoms with Gasteiger partial charge in [-0.05, 0) is 42.8 Å². The average molecular weight is 343 g/mol. The number of carboxylic acid groups (broad SMARTS) is 1. The molecule has 2 aromatic rings. The van der Waals surface area contributed by atoms with Gasteiger partial charge in [0.05, 0.1) is 13.0 Å². The van der Waals surface area contributed by atoms with E-state index in [2.05, 4.69) is 15.6 Å². The maximum Gasteiger partial charge on any atom is 0.321 e. The molecule has 1 aromatic carbocycles. The summed E-state index contributed by atoms with van der Waals surface area (Å²) in [5, 5.41) is 14.8. The van der Waals surface area contributed by atoms with Crippen molar-refractivity contribution < 1.29 is 19.4 Å². The largest absolute Gasteiger partial charge is 0.494 e. The van der Waals surface area contributed by atoms with E-state index in [1.54, 1.807) is 42.7 Å². The molecule has 3 N–H and O–H groups in total. The Morgan fingerprint density at radius 2 is 2.00 bits per heavy atom. The molecule has 1 atom stereocenters. The van der Waals surface area contributed by atoms with Crippen molar-refractivity contribution in [1.29, 1.82) is 0 Å². The minimum absolute atomic E-state index is 0.178. The van der Waals surface area contributed by atoms with Crippen LogP contribution in [0.2, 0.25) is 0 Å². The first kappa shape index (κ1) is 18.4. The highest BCUT2D eigenvalue weighted by Gasteiger charge is 2.20. The molecule has 0 spiro atoms. The Hall–Kier alpha value is -2.93. The van der Waals surface area contributed by atoms with Gasteiger partial charge in [0, 0.05) is 24.6 Å². The summed E-state index contributed by atoms with van der Waals surface area (Å²) >= 11 is 0. The van der Waals surface area contributed by atoms with Gasteiger partial charge in [0.25, 0.3) is 0 Å². The Balaban J connectivity index is 1.87. The van der Waals surface area contributed by atoms with E-state index in [1.807, 2.05) is 13.0 Å². The maximum absolute atomic E-state index is 12.1. The van der Waals surface area contributed by atoms with Crippen LogP contribution in [0.4, 0.5) is 5.69 Å². The number of aromatic nitrogens is 1. The molecule has 0 bridgehead atoms. The number of anilines is 1. The predicted octanol–water partition coefficient (Wildman–Crippen LogP) is 2.05. The molecular formula is C18H21N3O4. The van der Waals surface area contributed by atoms with E-state index in [4.69, 9.17) is 4.74 Å². The third kappa shape index (κ3) is 6.23. The van der Waals surface area contributed by atoms with Crippen LogP contribution in [0.5, 0.6) is 5.75 Å². The number of aliphatic carboxylic acids is 1. The molecule has 0 aliphatic rings. The van der Waals surface area contributed by atoms with Gasteiger partial charge in [-0.15, -0.1) is 0 Å². The SMILES string of the molecule is CCOc1ccc(NC(=O)CC(NCc2cccnc2)C(=O)O)cc1. The molecule has 0 saturated carbocycles. The quantitative estimate of drug-likeness (QED) is 0.644. The number of hydrogen-bond acceptors (Lipinski definition) is 5. The van der Waals surface area contributed by atoms with Gasteiger partial charge in [0.1, 0.15) is 11.8 Å². The minimum Gasteiger partial charge on any atom is -0.494 e. The zero-order chi connectivity index (χ0) is 18.1. The highest BCUT2D eigenvalue weighted by atomic mass is 16.5. The van der Waals surface area contributed by atoms with Gasteiger partial charge in [0.2, 0.25) is 5.91 Å². The Morgan fingerprint density at radius 3 is 2.60 bits per heavy atom. The van der Waals surface area contributed by atoms with E-state index >= 15 is 0 Å². The number of nitrogens with one attached hydrogen (secondary N) is 2. The van der Waals surface area contributed by atoms with Crippen molar-refractivity contribution in [2.24, 2.45) is 0 Å². The average Bonchev–Trinajstić information content (AvgIpc) is 2.61. The van der Waals surface area contributed by atoms with E-state index in [-0.39, 0.29) is 12.3 Å². The summed E-state index contributed by atoms with van der Waals surface area (Å²) in [6.45, 7) is 2.77. The van der Waals surface area contributed by atoms with Crippen LogP contribution in [0.15, 0.2) is 48.8 Å². The molecule has 7 heteroatoms. The summed E-state index contributed by atoms with van der Waals surface area (Å²) in [4.78, 5) is 27.4. The fourth-order valence-corrected chi connectivity index (χ4v) is 2.19. The van der Waals surface area contributed by atoms with Crippen LogP contribution in [0.1, 0.15) is 18.9 Å². The first-order chi connectivity index (χ1) is 12.1. The lowest BCUT2D eigenvalue weighted by Gasteiger charge is -2.14. The summed E-state index contributed by atoms with van der Waals surface area (Å²) in [5.41, 5.74) is 1.44. The molecular weight excluding hydrogens is 322 g/mol. The number of hydrogen-bond donors (Lipinski definition) is 3. The number of rotatable bonds is 9. The van der Waals surface area contributed by atoms with Crippen LogP contribution in [0.25, 0.3) is 0 Å². The van der Waals surface area contributed by atoms with Gasteiger partial charge in [-0.2, -0.15) is 0 Å². The number of carboxylic acids is 1. The van der Waals surface area contributed by atoms with Crippen LogP contribution < -0.4 is 15.4 Å². The topological polar surface area (TPSA) is 101 Å². The molecule has 7 nitrogen and oxygen atoms in total. The highest BCUT2D eigenvalue weighted by molar-refractivity contribution is 5.94. The van der Waals surface area contributed by atoms with Gasteiger partial charge < -0.3 is 15.2 Å². The zero-order valence-corrected chi connectivity index (χ0v) is 13.9. The number of carbonyl (C=O) groups excluding carboxylic acids is 1. The van der Waals surface area contributed by atoms with Crippen LogP contribution in [-0.4, -0.2) is 34.6 Å². The molecule has 1 amide bonds. The van der Waals surface area contributed by atoms with Crippen molar-refractivity contribution in [2.45, 2.75) is 25.9 Å². The summed E-state index contributed by atoms with van der Waals surface area (Å²) in [5.74, 6) is -0.747. The Bertz CT molecular complexity index is 689. The van der Waals surface area contributed by atoms with Crippen molar-refractivity contribution >= 4 is 17.6 Å². The van der Waals surface area contributed by atoms with Gasteiger partial charge >= 0.3 is 5.97 Å². The standard InChI is InChI=1S/C18H21N3O4/c1-2-25-15-7-5-14(6-8-15)21-17(22)10-16(18(23)24)20-12-13-4-3-9-19-11-13/h3-9,11,16,20H,2,10,12H2,1H3,(H,21,22)(H,23,24). The number of benzene rings is 1.